The summed E-state index contributed by atoms with van der Waals surface area (Å²) >= 11 is 3.37. The molecule has 0 aliphatic carbocycles. The van der Waals surface area contributed by atoms with Gasteiger partial charge < -0.3 is 9.64 Å². The molecule has 1 aromatic rings. The summed E-state index contributed by atoms with van der Waals surface area (Å²) in [6.45, 7) is 8.16. The summed E-state index contributed by atoms with van der Waals surface area (Å²) in [5, 5.41) is 0. The van der Waals surface area contributed by atoms with E-state index in [0.717, 1.165) is 16.5 Å². The number of likely N-dealkylation sites (tertiary alicyclic amines) is 1. The summed E-state index contributed by atoms with van der Waals surface area (Å²) in [7, 11) is -3.63. The second-order valence-electron chi connectivity index (χ2n) is 7.30. The minimum absolute atomic E-state index is 0.225. The van der Waals surface area contributed by atoms with Crippen LogP contribution in [0.15, 0.2) is 27.6 Å². The summed E-state index contributed by atoms with van der Waals surface area (Å²) in [6.07, 6.45) is 1.01. The molecule has 1 atom stereocenters. The van der Waals surface area contributed by atoms with Gasteiger partial charge in [-0.3, -0.25) is 0 Å². The van der Waals surface area contributed by atoms with Crippen molar-refractivity contribution in [1.82, 2.24) is 9.62 Å². The first-order valence-electron chi connectivity index (χ1n) is 8.24. The maximum Gasteiger partial charge on any atom is 0.410 e. The topological polar surface area (TPSA) is 75.7 Å². The monoisotopic (exact) mass is 432 g/mol. The van der Waals surface area contributed by atoms with Gasteiger partial charge in [0.25, 0.3) is 0 Å². The molecule has 1 aliphatic heterocycles. The van der Waals surface area contributed by atoms with E-state index < -0.39 is 21.7 Å². The fraction of sp³-hybridized carbons (Fsp3) is 0.588. The first kappa shape index (κ1) is 20.2. The highest BCUT2D eigenvalue weighted by Crippen LogP contribution is 2.21. The normalized spacial score (nSPS) is 18.9. The van der Waals surface area contributed by atoms with Crippen LogP contribution in [0.25, 0.3) is 0 Å². The highest BCUT2D eigenvalue weighted by Gasteiger charge is 2.30. The van der Waals surface area contributed by atoms with E-state index in [-0.39, 0.29) is 10.9 Å². The Morgan fingerprint density at radius 1 is 1.36 bits per heavy atom. The van der Waals surface area contributed by atoms with Gasteiger partial charge in [0.15, 0.2) is 0 Å². The van der Waals surface area contributed by atoms with Crippen molar-refractivity contribution in [2.24, 2.45) is 0 Å². The summed E-state index contributed by atoms with van der Waals surface area (Å²) in [5.74, 6) is 0. The lowest BCUT2D eigenvalue weighted by Gasteiger charge is -2.34. The summed E-state index contributed by atoms with van der Waals surface area (Å²) in [6, 6.07) is 4.59. The van der Waals surface area contributed by atoms with Gasteiger partial charge in [0.1, 0.15) is 5.60 Å². The number of aryl methyl sites for hydroxylation is 1. The van der Waals surface area contributed by atoms with Crippen LogP contribution in [0.1, 0.15) is 39.2 Å². The molecule has 1 fully saturated rings. The second kappa shape index (κ2) is 7.63. The van der Waals surface area contributed by atoms with Crippen LogP contribution in [-0.4, -0.2) is 44.1 Å². The van der Waals surface area contributed by atoms with E-state index in [1.54, 1.807) is 23.1 Å². The molecule has 1 aliphatic rings. The van der Waals surface area contributed by atoms with Gasteiger partial charge in [0, 0.05) is 23.6 Å². The van der Waals surface area contributed by atoms with Crippen molar-refractivity contribution in [3.05, 3.63) is 28.2 Å². The number of nitrogens with zero attached hydrogens (tertiary/aromatic N) is 1. The molecule has 0 bridgehead atoms. The molecule has 8 heteroatoms. The van der Waals surface area contributed by atoms with Gasteiger partial charge in [-0.05, 0) is 64.3 Å². The quantitative estimate of drug-likeness (QED) is 0.793. The summed E-state index contributed by atoms with van der Waals surface area (Å²) < 4.78 is 34.2. The third-order valence-electron chi connectivity index (χ3n) is 3.83. The minimum atomic E-state index is -3.63. The Bertz CT molecular complexity index is 744. The van der Waals surface area contributed by atoms with Gasteiger partial charge in [-0.25, -0.2) is 17.9 Å². The van der Waals surface area contributed by atoms with Crippen molar-refractivity contribution in [3.63, 3.8) is 0 Å². The molecule has 0 radical (unpaired) electrons. The molecule has 1 heterocycles. The van der Waals surface area contributed by atoms with E-state index in [4.69, 9.17) is 4.74 Å². The van der Waals surface area contributed by atoms with Crippen molar-refractivity contribution >= 4 is 32.0 Å². The van der Waals surface area contributed by atoms with Crippen molar-refractivity contribution in [3.8, 4) is 0 Å². The van der Waals surface area contributed by atoms with Gasteiger partial charge in [-0.2, -0.15) is 0 Å². The molecule has 0 saturated carbocycles. The SMILES string of the molecule is Cc1cc(S(=O)(=O)NC2CCCN(C(=O)OC(C)(C)C)C2)ccc1Br. The van der Waals surface area contributed by atoms with E-state index in [1.165, 1.54) is 0 Å². The maximum absolute atomic E-state index is 12.6. The number of carbonyl (C=O) groups excluding carboxylic acids is 1. The number of hydrogen-bond donors (Lipinski definition) is 1. The number of ether oxygens (including phenoxy) is 1. The largest absolute Gasteiger partial charge is 0.444 e. The van der Waals surface area contributed by atoms with Gasteiger partial charge in [0.05, 0.1) is 4.90 Å². The van der Waals surface area contributed by atoms with Gasteiger partial charge in [-0.15, -0.1) is 0 Å². The third-order valence-corrected chi connectivity index (χ3v) is 6.24. The van der Waals surface area contributed by atoms with Crippen molar-refractivity contribution in [2.45, 2.75) is 57.1 Å². The third kappa shape index (κ3) is 5.69. The highest BCUT2D eigenvalue weighted by molar-refractivity contribution is 9.10. The smallest absolute Gasteiger partial charge is 0.410 e. The highest BCUT2D eigenvalue weighted by atomic mass is 79.9. The molecule has 1 saturated heterocycles. The molecule has 25 heavy (non-hydrogen) atoms. The van der Waals surface area contributed by atoms with Crippen LogP contribution >= 0.6 is 15.9 Å². The number of carbonyl (C=O) groups is 1. The predicted octanol–water partition coefficient (Wildman–Crippen LogP) is 3.44. The van der Waals surface area contributed by atoms with Gasteiger partial charge in [-0.1, -0.05) is 15.9 Å². The predicted molar refractivity (Wildman–Crippen MR) is 100 cm³/mol. The molecular weight excluding hydrogens is 408 g/mol. The standard InChI is InChI=1S/C17H25BrN2O4S/c1-12-10-14(7-8-15(12)18)25(22,23)19-13-6-5-9-20(11-13)16(21)24-17(2,3)4/h7-8,10,13,19H,5-6,9,11H2,1-4H3. The fourth-order valence-electron chi connectivity index (χ4n) is 2.64. The molecule has 0 aromatic heterocycles. The average molecular weight is 433 g/mol. The van der Waals surface area contributed by atoms with E-state index in [9.17, 15) is 13.2 Å². The Kier molecular flexibility index (Phi) is 6.17. The first-order valence-corrected chi connectivity index (χ1v) is 10.5. The van der Waals surface area contributed by atoms with Crippen LogP contribution in [0.4, 0.5) is 4.79 Å². The number of halogens is 1. The fourth-order valence-corrected chi connectivity index (χ4v) is 4.23. The Labute approximate surface area is 158 Å². The molecule has 1 aromatic carbocycles. The van der Waals surface area contributed by atoms with Crippen LogP contribution in [-0.2, 0) is 14.8 Å². The zero-order valence-electron chi connectivity index (χ0n) is 15.0. The van der Waals surface area contributed by atoms with Crippen molar-refractivity contribution in [2.75, 3.05) is 13.1 Å². The first-order chi connectivity index (χ1) is 11.5. The number of hydrogen-bond acceptors (Lipinski definition) is 4. The average Bonchev–Trinajstić information content (AvgIpc) is 2.48. The van der Waals surface area contributed by atoms with Crippen LogP contribution < -0.4 is 4.72 Å². The Hall–Kier alpha value is -1.12. The van der Waals surface area contributed by atoms with Crippen LogP contribution in [0.2, 0.25) is 0 Å². The lowest BCUT2D eigenvalue weighted by Crippen LogP contribution is -2.50. The van der Waals surface area contributed by atoms with Crippen LogP contribution in [0.3, 0.4) is 0 Å². The Balaban J connectivity index is 2.06. The number of benzene rings is 1. The van der Waals surface area contributed by atoms with Gasteiger partial charge >= 0.3 is 6.09 Å². The van der Waals surface area contributed by atoms with Crippen molar-refractivity contribution < 1.29 is 17.9 Å². The molecule has 1 unspecified atom stereocenters. The Morgan fingerprint density at radius 3 is 2.64 bits per heavy atom. The lowest BCUT2D eigenvalue weighted by atomic mass is 10.1. The number of amides is 1. The zero-order valence-corrected chi connectivity index (χ0v) is 17.4. The maximum atomic E-state index is 12.6. The molecule has 140 valence electrons. The second-order valence-corrected chi connectivity index (χ2v) is 9.87. The summed E-state index contributed by atoms with van der Waals surface area (Å²) in [5.41, 5.74) is 0.278. The molecular formula is C17H25BrN2O4S. The molecule has 2 rings (SSSR count). The van der Waals surface area contributed by atoms with E-state index in [0.29, 0.717) is 19.5 Å². The lowest BCUT2D eigenvalue weighted by molar-refractivity contribution is 0.0195. The molecule has 0 spiro atoms. The number of piperidine rings is 1. The van der Waals surface area contributed by atoms with E-state index in [2.05, 4.69) is 20.7 Å². The number of nitrogens with one attached hydrogen (secondary N) is 1. The summed E-state index contributed by atoms with van der Waals surface area (Å²) in [4.78, 5) is 14.0. The molecule has 1 N–H and O–H groups in total. The van der Waals surface area contributed by atoms with Crippen LogP contribution in [0.5, 0.6) is 0 Å². The van der Waals surface area contributed by atoms with Crippen LogP contribution in [0, 0.1) is 6.92 Å². The van der Waals surface area contributed by atoms with Gasteiger partial charge in [0.2, 0.25) is 10.0 Å². The molecule has 1 amide bonds. The van der Waals surface area contributed by atoms with Crippen molar-refractivity contribution in [1.29, 1.82) is 0 Å². The molecule has 6 nitrogen and oxygen atoms in total. The number of rotatable bonds is 3. The van der Waals surface area contributed by atoms with E-state index in [1.807, 2.05) is 27.7 Å². The minimum Gasteiger partial charge on any atom is -0.444 e. The Morgan fingerprint density at radius 2 is 2.04 bits per heavy atom. The zero-order chi connectivity index (χ0) is 18.8. The van der Waals surface area contributed by atoms with E-state index >= 15 is 0 Å². The number of sulfonamides is 1.